The predicted molar refractivity (Wildman–Crippen MR) is 88.6 cm³/mol. The average molecular weight is 290 g/mol. The maximum absolute atomic E-state index is 6.42. The molecule has 1 aliphatic rings. The molecule has 118 valence electrons. The standard InChI is InChI=1S/C18H30N2O/c1-13(2)21-17-10-8-16(9-11-17)18(19)12-20-14(3)6-5-7-15(20)4/h8-11,13-15,18H,5-7,12,19H2,1-4H3. The van der Waals surface area contributed by atoms with Crippen molar-refractivity contribution in [3.8, 4) is 5.75 Å². The first-order valence-electron chi connectivity index (χ1n) is 8.25. The molecule has 3 heteroatoms. The molecule has 0 aromatic heterocycles. The molecule has 0 spiro atoms. The lowest BCUT2D eigenvalue weighted by atomic mass is 9.96. The molecule has 1 heterocycles. The van der Waals surface area contributed by atoms with Crippen molar-refractivity contribution in [2.45, 2.75) is 71.2 Å². The molecule has 2 rings (SSSR count). The largest absolute Gasteiger partial charge is 0.491 e. The summed E-state index contributed by atoms with van der Waals surface area (Å²) >= 11 is 0. The molecule has 3 nitrogen and oxygen atoms in total. The van der Waals surface area contributed by atoms with Gasteiger partial charge < -0.3 is 10.5 Å². The summed E-state index contributed by atoms with van der Waals surface area (Å²) in [6, 6.07) is 9.60. The molecule has 0 saturated carbocycles. The Labute approximate surface area is 129 Å². The molecule has 1 aromatic rings. The van der Waals surface area contributed by atoms with E-state index in [1.54, 1.807) is 0 Å². The molecule has 1 fully saturated rings. The van der Waals surface area contributed by atoms with Crippen molar-refractivity contribution in [1.82, 2.24) is 4.90 Å². The molecular weight excluding hydrogens is 260 g/mol. The van der Waals surface area contributed by atoms with Gasteiger partial charge in [-0.3, -0.25) is 4.90 Å². The first kappa shape index (κ1) is 16.3. The molecule has 3 unspecified atom stereocenters. The monoisotopic (exact) mass is 290 g/mol. The van der Waals surface area contributed by atoms with Gasteiger partial charge in [-0.2, -0.15) is 0 Å². The molecule has 0 radical (unpaired) electrons. The zero-order valence-corrected chi connectivity index (χ0v) is 13.9. The third-order valence-electron chi connectivity index (χ3n) is 4.46. The number of rotatable bonds is 5. The molecule has 0 bridgehead atoms. The van der Waals surface area contributed by atoms with E-state index in [1.807, 2.05) is 26.0 Å². The average Bonchev–Trinajstić information content (AvgIpc) is 2.43. The lowest BCUT2D eigenvalue weighted by Crippen LogP contribution is -2.46. The normalized spacial score (nSPS) is 25.0. The van der Waals surface area contributed by atoms with E-state index in [1.165, 1.54) is 24.8 Å². The van der Waals surface area contributed by atoms with Crippen molar-refractivity contribution in [3.05, 3.63) is 29.8 Å². The van der Waals surface area contributed by atoms with Gasteiger partial charge in [0.15, 0.2) is 0 Å². The number of hydrogen-bond acceptors (Lipinski definition) is 3. The summed E-state index contributed by atoms with van der Waals surface area (Å²) in [5.74, 6) is 0.917. The van der Waals surface area contributed by atoms with Gasteiger partial charge in [-0.25, -0.2) is 0 Å². The summed E-state index contributed by atoms with van der Waals surface area (Å²) < 4.78 is 5.68. The summed E-state index contributed by atoms with van der Waals surface area (Å²) in [5, 5.41) is 0. The highest BCUT2D eigenvalue weighted by Crippen LogP contribution is 2.25. The van der Waals surface area contributed by atoms with E-state index >= 15 is 0 Å². The zero-order chi connectivity index (χ0) is 15.4. The molecule has 21 heavy (non-hydrogen) atoms. The van der Waals surface area contributed by atoms with E-state index in [0.29, 0.717) is 12.1 Å². The van der Waals surface area contributed by atoms with Crippen molar-refractivity contribution in [3.63, 3.8) is 0 Å². The second-order valence-electron chi connectivity index (χ2n) is 6.67. The van der Waals surface area contributed by atoms with Crippen LogP contribution in [0.1, 0.15) is 58.6 Å². The van der Waals surface area contributed by atoms with Crippen LogP contribution in [0.15, 0.2) is 24.3 Å². The van der Waals surface area contributed by atoms with Crippen LogP contribution in [0.4, 0.5) is 0 Å². The van der Waals surface area contributed by atoms with Gasteiger partial charge in [0.1, 0.15) is 5.75 Å². The maximum Gasteiger partial charge on any atom is 0.119 e. The van der Waals surface area contributed by atoms with Crippen LogP contribution < -0.4 is 10.5 Å². The minimum absolute atomic E-state index is 0.0705. The predicted octanol–water partition coefficient (Wildman–Crippen LogP) is 3.74. The van der Waals surface area contributed by atoms with E-state index < -0.39 is 0 Å². The third kappa shape index (κ3) is 4.45. The van der Waals surface area contributed by atoms with Crippen molar-refractivity contribution >= 4 is 0 Å². The lowest BCUT2D eigenvalue weighted by Gasteiger charge is -2.40. The SMILES string of the molecule is CC(C)Oc1ccc(C(N)CN2C(C)CCCC2C)cc1. The Morgan fingerprint density at radius 1 is 1.14 bits per heavy atom. The van der Waals surface area contributed by atoms with Crippen LogP contribution >= 0.6 is 0 Å². The minimum atomic E-state index is 0.0705. The Bertz CT molecular complexity index is 419. The Morgan fingerprint density at radius 3 is 2.24 bits per heavy atom. The Morgan fingerprint density at radius 2 is 1.71 bits per heavy atom. The molecule has 0 amide bonds. The van der Waals surface area contributed by atoms with E-state index in [4.69, 9.17) is 10.5 Å². The first-order chi connectivity index (χ1) is 9.97. The minimum Gasteiger partial charge on any atom is -0.491 e. The van der Waals surface area contributed by atoms with Crippen molar-refractivity contribution < 1.29 is 4.74 Å². The van der Waals surface area contributed by atoms with Crippen molar-refractivity contribution in [2.24, 2.45) is 5.73 Å². The van der Waals surface area contributed by atoms with E-state index in [0.717, 1.165) is 12.3 Å². The highest BCUT2D eigenvalue weighted by atomic mass is 16.5. The summed E-state index contributed by atoms with van der Waals surface area (Å²) in [6.07, 6.45) is 4.13. The molecule has 3 atom stereocenters. The van der Waals surface area contributed by atoms with Crippen LogP contribution in [0.5, 0.6) is 5.75 Å². The second kappa shape index (κ2) is 7.28. The Hall–Kier alpha value is -1.06. The van der Waals surface area contributed by atoms with Crippen LogP contribution in [0, 0.1) is 0 Å². The van der Waals surface area contributed by atoms with Crippen LogP contribution in [0.3, 0.4) is 0 Å². The highest BCUT2D eigenvalue weighted by Gasteiger charge is 2.26. The van der Waals surface area contributed by atoms with E-state index in [9.17, 15) is 0 Å². The Kier molecular flexibility index (Phi) is 5.65. The molecule has 1 saturated heterocycles. The second-order valence-corrected chi connectivity index (χ2v) is 6.67. The quantitative estimate of drug-likeness (QED) is 0.898. The van der Waals surface area contributed by atoms with E-state index in [2.05, 4.69) is 30.9 Å². The summed E-state index contributed by atoms with van der Waals surface area (Å²) in [6.45, 7) is 9.66. The van der Waals surface area contributed by atoms with Gasteiger partial charge in [0.05, 0.1) is 6.10 Å². The van der Waals surface area contributed by atoms with Gasteiger partial charge in [0, 0.05) is 24.7 Å². The van der Waals surface area contributed by atoms with E-state index in [-0.39, 0.29) is 12.1 Å². The first-order valence-corrected chi connectivity index (χ1v) is 8.25. The number of benzene rings is 1. The Balaban J connectivity index is 1.97. The maximum atomic E-state index is 6.42. The number of piperidine rings is 1. The number of likely N-dealkylation sites (tertiary alicyclic amines) is 1. The third-order valence-corrected chi connectivity index (χ3v) is 4.46. The fourth-order valence-electron chi connectivity index (χ4n) is 3.23. The zero-order valence-electron chi connectivity index (χ0n) is 13.9. The summed E-state index contributed by atoms with van der Waals surface area (Å²) in [5.41, 5.74) is 7.61. The van der Waals surface area contributed by atoms with Gasteiger partial charge in [0.25, 0.3) is 0 Å². The van der Waals surface area contributed by atoms with Gasteiger partial charge in [0.2, 0.25) is 0 Å². The van der Waals surface area contributed by atoms with Gasteiger partial charge in [-0.05, 0) is 58.2 Å². The molecule has 1 aliphatic heterocycles. The summed E-state index contributed by atoms with van der Waals surface area (Å²) in [7, 11) is 0. The van der Waals surface area contributed by atoms with Crippen LogP contribution in [-0.2, 0) is 0 Å². The number of nitrogens with zero attached hydrogens (tertiary/aromatic N) is 1. The van der Waals surface area contributed by atoms with Crippen LogP contribution in [-0.4, -0.2) is 29.6 Å². The van der Waals surface area contributed by atoms with Crippen LogP contribution in [0.2, 0.25) is 0 Å². The topological polar surface area (TPSA) is 38.5 Å². The van der Waals surface area contributed by atoms with Crippen molar-refractivity contribution in [1.29, 1.82) is 0 Å². The van der Waals surface area contributed by atoms with Gasteiger partial charge in [-0.1, -0.05) is 18.6 Å². The number of nitrogens with two attached hydrogens (primary N) is 1. The fourth-order valence-corrected chi connectivity index (χ4v) is 3.23. The number of ether oxygens (including phenoxy) is 1. The van der Waals surface area contributed by atoms with Crippen LogP contribution in [0.25, 0.3) is 0 Å². The number of hydrogen-bond donors (Lipinski definition) is 1. The van der Waals surface area contributed by atoms with Gasteiger partial charge in [-0.15, -0.1) is 0 Å². The smallest absolute Gasteiger partial charge is 0.119 e. The lowest BCUT2D eigenvalue weighted by molar-refractivity contribution is 0.0961. The fraction of sp³-hybridized carbons (Fsp3) is 0.667. The summed E-state index contributed by atoms with van der Waals surface area (Å²) in [4.78, 5) is 2.56. The highest BCUT2D eigenvalue weighted by molar-refractivity contribution is 5.29. The van der Waals surface area contributed by atoms with Crippen molar-refractivity contribution in [2.75, 3.05) is 6.54 Å². The molecule has 2 N–H and O–H groups in total. The molecular formula is C18H30N2O. The van der Waals surface area contributed by atoms with Gasteiger partial charge >= 0.3 is 0 Å². The molecule has 0 aliphatic carbocycles. The molecule has 1 aromatic carbocycles.